The predicted molar refractivity (Wildman–Crippen MR) is 84.6 cm³/mol. The Morgan fingerprint density at radius 2 is 2.19 bits per heavy atom. The highest BCUT2D eigenvalue weighted by Crippen LogP contribution is 2.28. The number of hydrogen-bond donors (Lipinski definition) is 1. The molecule has 1 aromatic rings. The monoisotopic (exact) mass is 332 g/mol. The number of sulfonamides is 1. The Morgan fingerprint density at radius 3 is 2.81 bits per heavy atom. The first-order valence-corrected chi connectivity index (χ1v) is 9.40. The van der Waals surface area contributed by atoms with Crippen LogP contribution in [0.15, 0.2) is 17.0 Å². The molecule has 21 heavy (non-hydrogen) atoms. The maximum atomic E-state index is 14.0. The predicted octanol–water partition coefficient (Wildman–Crippen LogP) is 1.98. The second-order valence-corrected chi connectivity index (χ2v) is 8.73. The molecule has 1 unspecified atom stereocenters. The third-order valence-electron chi connectivity index (χ3n) is 3.56. The average molecular weight is 332 g/mol. The van der Waals surface area contributed by atoms with Crippen LogP contribution in [-0.2, 0) is 16.6 Å². The Labute approximate surface area is 130 Å². The molecular formula is C14H21FN2O2S2. The Balaban J connectivity index is 2.43. The first-order chi connectivity index (χ1) is 9.86. The first kappa shape index (κ1) is 16.7. The summed E-state index contributed by atoms with van der Waals surface area (Å²) >= 11 is 1.76. The summed E-state index contributed by atoms with van der Waals surface area (Å²) in [7, 11) is -1.89. The normalized spacial score (nSPS) is 20.7. The molecule has 4 nitrogen and oxygen atoms in total. The molecule has 0 aliphatic carbocycles. The van der Waals surface area contributed by atoms with E-state index in [1.54, 1.807) is 24.9 Å². The highest BCUT2D eigenvalue weighted by Gasteiger charge is 2.31. The summed E-state index contributed by atoms with van der Waals surface area (Å²) in [6.07, 6.45) is 0. The standard InChI is InChI=1S/C14H21FN2O2S2/c1-10-9-17(4-5-20-10)21(18,19)14-7-12(8-16-3)6-13(15)11(14)2/h6-7,10,16H,4-5,8-9H2,1-3H3. The molecule has 0 radical (unpaired) electrons. The van der Waals surface area contributed by atoms with Gasteiger partial charge in [-0.2, -0.15) is 16.1 Å². The molecule has 1 atom stereocenters. The molecule has 1 heterocycles. The summed E-state index contributed by atoms with van der Waals surface area (Å²) in [5, 5.41) is 3.18. The third kappa shape index (κ3) is 3.59. The van der Waals surface area contributed by atoms with Crippen LogP contribution >= 0.6 is 11.8 Å². The molecule has 1 saturated heterocycles. The van der Waals surface area contributed by atoms with Crippen LogP contribution in [0.2, 0.25) is 0 Å². The fourth-order valence-corrected chi connectivity index (χ4v) is 5.46. The van der Waals surface area contributed by atoms with Crippen molar-refractivity contribution in [2.45, 2.75) is 30.5 Å². The Hall–Kier alpha value is -0.630. The molecule has 0 spiro atoms. The van der Waals surface area contributed by atoms with Crippen molar-refractivity contribution in [1.82, 2.24) is 9.62 Å². The van der Waals surface area contributed by atoms with Crippen LogP contribution in [0.3, 0.4) is 0 Å². The Morgan fingerprint density at radius 1 is 1.48 bits per heavy atom. The quantitative estimate of drug-likeness (QED) is 0.916. The number of benzene rings is 1. The average Bonchev–Trinajstić information content (AvgIpc) is 2.42. The van der Waals surface area contributed by atoms with Gasteiger partial charge in [0.25, 0.3) is 0 Å². The van der Waals surface area contributed by atoms with E-state index in [9.17, 15) is 12.8 Å². The van der Waals surface area contributed by atoms with E-state index in [0.29, 0.717) is 25.2 Å². The molecule has 0 aromatic heterocycles. The van der Waals surface area contributed by atoms with E-state index in [0.717, 1.165) is 5.75 Å². The maximum absolute atomic E-state index is 14.0. The van der Waals surface area contributed by atoms with Crippen LogP contribution in [-0.4, -0.2) is 43.9 Å². The van der Waals surface area contributed by atoms with Crippen molar-refractivity contribution in [1.29, 1.82) is 0 Å². The van der Waals surface area contributed by atoms with Crippen LogP contribution in [0.4, 0.5) is 4.39 Å². The maximum Gasteiger partial charge on any atom is 0.243 e. The van der Waals surface area contributed by atoms with Gasteiger partial charge in [0.15, 0.2) is 0 Å². The largest absolute Gasteiger partial charge is 0.316 e. The summed E-state index contributed by atoms with van der Waals surface area (Å²) in [6, 6.07) is 2.97. The van der Waals surface area contributed by atoms with Crippen molar-refractivity contribution in [3.63, 3.8) is 0 Å². The van der Waals surface area contributed by atoms with Gasteiger partial charge in [-0.05, 0) is 31.7 Å². The lowest BCUT2D eigenvalue weighted by Gasteiger charge is -2.30. The number of hydrogen-bond acceptors (Lipinski definition) is 4. The zero-order chi connectivity index (χ0) is 15.6. The molecule has 1 fully saturated rings. The van der Waals surface area contributed by atoms with Gasteiger partial charge in [0, 0.05) is 36.2 Å². The first-order valence-electron chi connectivity index (χ1n) is 6.91. The number of rotatable bonds is 4. The number of halogens is 1. The fourth-order valence-electron chi connectivity index (χ4n) is 2.42. The second-order valence-electron chi connectivity index (χ2n) is 5.28. The zero-order valence-corrected chi connectivity index (χ0v) is 14.2. The van der Waals surface area contributed by atoms with Crippen molar-refractivity contribution in [3.05, 3.63) is 29.1 Å². The van der Waals surface area contributed by atoms with Gasteiger partial charge in [-0.25, -0.2) is 12.8 Å². The van der Waals surface area contributed by atoms with Crippen LogP contribution in [0, 0.1) is 12.7 Å². The van der Waals surface area contributed by atoms with Crippen LogP contribution in [0.1, 0.15) is 18.1 Å². The molecule has 2 rings (SSSR count). The lowest BCUT2D eigenvalue weighted by molar-refractivity contribution is 0.423. The van der Waals surface area contributed by atoms with Crippen LogP contribution in [0.25, 0.3) is 0 Å². The highest BCUT2D eigenvalue weighted by molar-refractivity contribution is 8.00. The third-order valence-corrected chi connectivity index (χ3v) is 6.69. The number of nitrogens with one attached hydrogen (secondary N) is 1. The molecule has 118 valence electrons. The van der Waals surface area contributed by atoms with E-state index < -0.39 is 15.8 Å². The molecule has 7 heteroatoms. The number of thioether (sulfide) groups is 1. The van der Waals surface area contributed by atoms with Gasteiger partial charge in [0.05, 0.1) is 4.90 Å². The molecular weight excluding hydrogens is 311 g/mol. The number of nitrogens with zero attached hydrogens (tertiary/aromatic N) is 1. The van der Waals surface area contributed by atoms with Gasteiger partial charge in [0.1, 0.15) is 5.82 Å². The Kier molecular flexibility index (Phi) is 5.29. The second kappa shape index (κ2) is 6.64. The lowest BCUT2D eigenvalue weighted by atomic mass is 10.1. The molecule has 0 saturated carbocycles. The van der Waals surface area contributed by atoms with E-state index in [2.05, 4.69) is 5.32 Å². The minimum absolute atomic E-state index is 0.0897. The van der Waals surface area contributed by atoms with Gasteiger partial charge in [-0.15, -0.1) is 0 Å². The van der Waals surface area contributed by atoms with Crippen LogP contribution in [0.5, 0.6) is 0 Å². The van der Waals surface area contributed by atoms with E-state index >= 15 is 0 Å². The molecule has 0 bridgehead atoms. The lowest BCUT2D eigenvalue weighted by Crippen LogP contribution is -2.41. The molecule has 0 amide bonds. The van der Waals surface area contributed by atoms with Gasteiger partial charge >= 0.3 is 0 Å². The van der Waals surface area contributed by atoms with Crippen molar-refractivity contribution in [2.24, 2.45) is 0 Å². The molecule has 1 aromatic carbocycles. The summed E-state index contributed by atoms with van der Waals surface area (Å²) in [5.74, 6) is 0.304. The zero-order valence-electron chi connectivity index (χ0n) is 12.5. The SMILES string of the molecule is CNCc1cc(F)c(C)c(S(=O)(=O)N2CCSC(C)C2)c1. The minimum Gasteiger partial charge on any atom is -0.316 e. The Bertz CT molecular complexity index is 620. The molecule has 1 aliphatic heterocycles. The van der Waals surface area contributed by atoms with Gasteiger partial charge in [-0.3, -0.25) is 0 Å². The minimum atomic E-state index is -3.64. The van der Waals surface area contributed by atoms with E-state index in [-0.39, 0.29) is 15.7 Å². The van der Waals surface area contributed by atoms with Crippen molar-refractivity contribution in [3.8, 4) is 0 Å². The van der Waals surface area contributed by atoms with Crippen molar-refractivity contribution >= 4 is 21.8 Å². The summed E-state index contributed by atoms with van der Waals surface area (Å²) in [4.78, 5) is 0.0897. The van der Waals surface area contributed by atoms with Gasteiger partial charge in [-0.1, -0.05) is 6.92 Å². The summed E-state index contributed by atoms with van der Waals surface area (Å²) < 4.78 is 41.1. The summed E-state index contributed by atoms with van der Waals surface area (Å²) in [6.45, 7) is 4.93. The van der Waals surface area contributed by atoms with Crippen LogP contribution < -0.4 is 5.32 Å². The van der Waals surface area contributed by atoms with E-state index in [4.69, 9.17) is 0 Å². The van der Waals surface area contributed by atoms with Gasteiger partial charge < -0.3 is 5.32 Å². The van der Waals surface area contributed by atoms with E-state index in [1.807, 2.05) is 6.92 Å². The smallest absolute Gasteiger partial charge is 0.243 e. The topological polar surface area (TPSA) is 49.4 Å². The van der Waals surface area contributed by atoms with Crippen molar-refractivity contribution < 1.29 is 12.8 Å². The molecule has 1 aliphatic rings. The highest BCUT2D eigenvalue weighted by atomic mass is 32.2. The summed E-state index contributed by atoms with van der Waals surface area (Å²) in [5.41, 5.74) is 0.833. The van der Waals surface area contributed by atoms with Crippen molar-refractivity contribution in [2.75, 3.05) is 25.9 Å². The van der Waals surface area contributed by atoms with Gasteiger partial charge in [0.2, 0.25) is 10.0 Å². The fraction of sp³-hybridized carbons (Fsp3) is 0.571. The van der Waals surface area contributed by atoms with E-state index in [1.165, 1.54) is 17.3 Å². The molecule has 1 N–H and O–H groups in total.